The van der Waals surface area contributed by atoms with Gasteiger partial charge in [0.15, 0.2) is 16.6 Å². The van der Waals surface area contributed by atoms with Crippen LogP contribution in [0.1, 0.15) is 16.7 Å². The number of methoxy groups -OCH3 is 1. The quantitative estimate of drug-likeness (QED) is 0.146. The number of benzene rings is 3. The van der Waals surface area contributed by atoms with Crippen molar-refractivity contribution in [3.05, 3.63) is 94.4 Å². The molecule has 0 aliphatic carbocycles. The van der Waals surface area contributed by atoms with Crippen LogP contribution in [0.5, 0.6) is 17.2 Å². The van der Waals surface area contributed by atoms with Gasteiger partial charge in [-0.1, -0.05) is 54.1 Å². The third-order valence-corrected chi connectivity index (χ3v) is 6.34. The van der Waals surface area contributed by atoms with Crippen molar-refractivity contribution >= 4 is 28.5 Å². The van der Waals surface area contributed by atoms with E-state index in [-0.39, 0.29) is 5.57 Å². The molecule has 0 aliphatic heterocycles. The predicted molar refractivity (Wildman–Crippen MR) is 150 cm³/mol. The van der Waals surface area contributed by atoms with Crippen LogP contribution in [0, 0.1) is 25.2 Å². The number of hydrogen-bond acceptors (Lipinski definition) is 7. The van der Waals surface area contributed by atoms with E-state index in [0.29, 0.717) is 35.4 Å². The summed E-state index contributed by atoms with van der Waals surface area (Å²) in [5.41, 5.74) is 4.53. The SMILES string of the molecule is COc1cc(C=C(C#N)C(=O)Nc2nc(-c3ccccc3)cs2)ccc1OCCOc1ccc(C)cc1C. The number of thiazole rings is 1. The van der Waals surface area contributed by atoms with Crippen LogP contribution in [0.3, 0.4) is 0 Å². The summed E-state index contributed by atoms with van der Waals surface area (Å²) in [4.78, 5) is 17.2. The lowest BCUT2D eigenvalue weighted by molar-refractivity contribution is -0.112. The lowest BCUT2D eigenvalue weighted by Crippen LogP contribution is -2.13. The molecule has 0 fully saturated rings. The maximum absolute atomic E-state index is 12.7. The second kappa shape index (κ2) is 12.6. The highest BCUT2D eigenvalue weighted by atomic mass is 32.1. The van der Waals surface area contributed by atoms with Gasteiger partial charge in [-0.15, -0.1) is 11.3 Å². The van der Waals surface area contributed by atoms with Gasteiger partial charge in [-0.2, -0.15) is 5.26 Å². The third-order valence-electron chi connectivity index (χ3n) is 5.59. The molecule has 1 heterocycles. The molecule has 1 aromatic heterocycles. The van der Waals surface area contributed by atoms with Crippen LogP contribution in [-0.4, -0.2) is 31.2 Å². The standard InChI is InChI=1S/C30H27N3O4S/c1-20-9-11-26(21(2)15-20)36-13-14-37-27-12-10-22(17-28(27)35-3)16-24(18-31)29(34)33-30-32-25(19-38-30)23-7-5-4-6-8-23/h4-12,15-17,19H,13-14H2,1-3H3,(H,32,33,34). The Morgan fingerprint density at radius 1 is 1.00 bits per heavy atom. The number of anilines is 1. The van der Waals surface area contributed by atoms with Crippen molar-refractivity contribution in [1.82, 2.24) is 4.98 Å². The summed E-state index contributed by atoms with van der Waals surface area (Å²) < 4.78 is 17.1. The number of rotatable bonds is 10. The van der Waals surface area contributed by atoms with Gasteiger partial charge in [0.2, 0.25) is 0 Å². The van der Waals surface area contributed by atoms with Gasteiger partial charge >= 0.3 is 0 Å². The maximum atomic E-state index is 12.7. The molecule has 0 atom stereocenters. The molecule has 0 spiro atoms. The zero-order chi connectivity index (χ0) is 26.9. The Balaban J connectivity index is 1.38. The maximum Gasteiger partial charge on any atom is 0.268 e. The van der Waals surface area contributed by atoms with Crippen molar-refractivity contribution in [3.8, 4) is 34.6 Å². The van der Waals surface area contributed by atoms with E-state index in [1.54, 1.807) is 18.2 Å². The Morgan fingerprint density at radius 3 is 2.45 bits per heavy atom. The van der Waals surface area contributed by atoms with E-state index in [1.165, 1.54) is 30.1 Å². The van der Waals surface area contributed by atoms with Crippen LogP contribution in [0.2, 0.25) is 0 Å². The molecule has 0 saturated carbocycles. The van der Waals surface area contributed by atoms with Crippen molar-refractivity contribution < 1.29 is 19.0 Å². The zero-order valence-electron chi connectivity index (χ0n) is 21.4. The van der Waals surface area contributed by atoms with Gasteiger partial charge in [0.05, 0.1) is 12.8 Å². The fourth-order valence-corrected chi connectivity index (χ4v) is 4.42. The lowest BCUT2D eigenvalue weighted by atomic mass is 10.1. The van der Waals surface area contributed by atoms with E-state index in [4.69, 9.17) is 14.2 Å². The number of nitrogens with one attached hydrogen (secondary N) is 1. The first-order chi connectivity index (χ1) is 18.5. The number of nitrogens with zero attached hydrogens (tertiary/aromatic N) is 2. The Hall–Kier alpha value is -4.61. The molecule has 1 amide bonds. The van der Waals surface area contributed by atoms with E-state index in [0.717, 1.165) is 22.6 Å². The third kappa shape index (κ3) is 6.78. The average molecular weight is 526 g/mol. The number of carbonyl (C=O) groups excluding carboxylic acids is 1. The minimum Gasteiger partial charge on any atom is -0.493 e. The predicted octanol–water partition coefficient (Wildman–Crippen LogP) is 6.44. The second-order valence-corrected chi connectivity index (χ2v) is 9.26. The molecule has 4 rings (SSSR count). The monoisotopic (exact) mass is 525 g/mol. The molecule has 0 radical (unpaired) electrons. The molecule has 7 nitrogen and oxygen atoms in total. The first kappa shape index (κ1) is 26.5. The van der Waals surface area contributed by atoms with E-state index in [2.05, 4.69) is 16.4 Å². The largest absolute Gasteiger partial charge is 0.493 e. The molecule has 38 heavy (non-hydrogen) atoms. The molecule has 0 unspecified atom stereocenters. The Labute approximate surface area is 226 Å². The fourth-order valence-electron chi connectivity index (χ4n) is 3.71. The Morgan fingerprint density at radius 2 is 1.74 bits per heavy atom. The Bertz CT molecular complexity index is 1490. The topological polar surface area (TPSA) is 93.5 Å². The summed E-state index contributed by atoms with van der Waals surface area (Å²) in [5.74, 6) is 1.30. The highest BCUT2D eigenvalue weighted by Gasteiger charge is 2.14. The molecular formula is C30H27N3O4S. The Kier molecular flexibility index (Phi) is 8.75. The molecule has 1 N–H and O–H groups in total. The van der Waals surface area contributed by atoms with E-state index < -0.39 is 5.91 Å². The van der Waals surface area contributed by atoms with Gasteiger partial charge in [0.1, 0.15) is 30.6 Å². The summed E-state index contributed by atoms with van der Waals surface area (Å²) in [7, 11) is 1.53. The number of ether oxygens (including phenoxy) is 3. The van der Waals surface area contributed by atoms with Crippen molar-refractivity contribution in [2.75, 3.05) is 25.6 Å². The van der Waals surface area contributed by atoms with Gasteiger partial charge in [0.25, 0.3) is 5.91 Å². The summed E-state index contributed by atoms with van der Waals surface area (Å²) in [6.45, 7) is 4.74. The highest BCUT2D eigenvalue weighted by molar-refractivity contribution is 7.14. The number of aromatic nitrogens is 1. The van der Waals surface area contributed by atoms with Crippen LogP contribution in [0.4, 0.5) is 5.13 Å². The number of aryl methyl sites for hydroxylation is 2. The minimum atomic E-state index is -0.538. The molecule has 0 aliphatic rings. The van der Waals surface area contributed by atoms with Crippen LogP contribution < -0.4 is 19.5 Å². The number of nitriles is 1. The number of carbonyl (C=O) groups is 1. The van der Waals surface area contributed by atoms with Crippen molar-refractivity contribution in [1.29, 1.82) is 5.26 Å². The number of amides is 1. The van der Waals surface area contributed by atoms with E-state index >= 15 is 0 Å². The summed E-state index contributed by atoms with van der Waals surface area (Å²) in [6, 6.07) is 22.9. The van der Waals surface area contributed by atoms with E-state index in [1.807, 2.05) is 67.8 Å². The van der Waals surface area contributed by atoms with Crippen LogP contribution in [0.25, 0.3) is 17.3 Å². The minimum absolute atomic E-state index is 0.0564. The van der Waals surface area contributed by atoms with Crippen molar-refractivity contribution in [2.45, 2.75) is 13.8 Å². The first-order valence-electron chi connectivity index (χ1n) is 11.9. The molecule has 0 saturated heterocycles. The van der Waals surface area contributed by atoms with Gasteiger partial charge in [-0.25, -0.2) is 4.98 Å². The van der Waals surface area contributed by atoms with Crippen LogP contribution >= 0.6 is 11.3 Å². The van der Waals surface area contributed by atoms with Crippen LogP contribution in [-0.2, 0) is 4.79 Å². The lowest BCUT2D eigenvalue weighted by Gasteiger charge is -2.13. The molecule has 3 aromatic carbocycles. The smallest absolute Gasteiger partial charge is 0.268 e. The van der Waals surface area contributed by atoms with Gasteiger partial charge < -0.3 is 14.2 Å². The van der Waals surface area contributed by atoms with Crippen molar-refractivity contribution in [2.24, 2.45) is 0 Å². The second-order valence-electron chi connectivity index (χ2n) is 8.40. The molecule has 4 aromatic rings. The molecular weight excluding hydrogens is 498 g/mol. The summed E-state index contributed by atoms with van der Waals surface area (Å²) >= 11 is 1.30. The van der Waals surface area contributed by atoms with Gasteiger partial charge in [0, 0.05) is 10.9 Å². The van der Waals surface area contributed by atoms with Gasteiger partial charge in [-0.05, 0) is 49.2 Å². The molecule has 8 heteroatoms. The van der Waals surface area contributed by atoms with Crippen LogP contribution in [0.15, 0.2) is 77.7 Å². The summed E-state index contributed by atoms with van der Waals surface area (Å²) in [6.07, 6.45) is 1.50. The fraction of sp³-hybridized carbons (Fsp3) is 0.167. The average Bonchev–Trinajstić information content (AvgIpc) is 3.40. The molecule has 192 valence electrons. The van der Waals surface area contributed by atoms with E-state index in [9.17, 15) is 10.1 Å². The normalized spacial score (nSPS) is 10.9. The highest BCUT2D eigenvalue weighted by Crippen LogP contribution is 2.30. The van der Waals surface area contributed by atoms with Gasteiger partial charge in [-0.3, -0.25) is 10.1 Å². The number of hydrogen-bond donors (Lipinski definition) is 1. The summed E-state index contributed by atoms with van der Waals surface area (Å²) in [5, 5.41) is 14.6. The van der Waals surface area contributed by atoms with Crippen molar-refractivity contribution in [3.63, 3.8) is 0 Å². The zero-order valence-corrected chi connectivity index (χ0v) is 22.2. The molecule has 0 bridgehead atoms. The first-order valence-corrected chi connectivity index (χ1v) is 12.8.